The summed E-state index contributed by atoms with van der Waals surface area (Å²) in [4.78, 5) is 21.7. The first-order valence-electron chi connectivity index (χ1n) is 12.7. The lowest BCUT2D eigenvalue weighted by molar-refractivity contribution is 0.0296. The van der Waals surface area contributed by atoms with E-state index in [0.717, 1.165) is 27.6 Å². The minimum absolute atomic E-state index is 0.122. The fraction of sp³-hybridized carbons (Fsp3) is 0.219. The minimum atomic E-state index is -0.645. The zero-order valence-corrected chi connectivity index (χ0v) is 21.7. The number of pyridine rings is 2. The Bertz CT molecular complexity index is 1430. The van der Waals surface area contributed by atoms with Crippen molar-refractivity contribution in [2.45, 2.75) is 26.4 Å². The number of hydrogen-bond donors (Lipinski definition) is 1. The summed E-state index contributed by atoms with van der Waals surface area (Å²) in [6.45, 7) is 8.58. The van der Waals surface area contributed by atoms with E-state index in [1.165, 1.54) is 0 Å². The Kier molecular flexibility index (Phi) is 9.01. The number of fused-ring (bicyclic) bond motifs is 1. The zero-order chi connectivity index (χ0) is 26.9. The Balaban J connectivity index is 1.74. The average molecular weight is 509 g/mol. The normalized spacial score (nSPS) is 12.4. The van der Waals surface area contributed by atoms with Crippen LogP contribution in [0, 0.1) is 5.92 Å². The third-order valence-corrected chi connectivity index (χ3v) is 6.26. The van der Waals surface area contributed by atoms with Crippen LogP contribution in [0.1, 0.15) is 47.9 Å². The molecule has 38 heavy (non-hydrogen) atoms. The molecule has 0 aliphatic rings. The number of allylic oxidation sites excluding steroid dienone is 2. The molecule has 0 spiro atoms. The number of nitrogens with zero attached hydrogens (tertiary/aromatic N) is 2. The van der Waals surface area contributed by atoms with Crippen LogP contribution in [-0.4, -0.2) is 34.3 Å². The van der Waals surface area contributed by atoms with Crippen LogP contribution in [-0.2, 0) is 4.74 Å². The Hall–Kier alpha value is -4.29. The topological polar surface area (TPSA) is 81.5 Å². The van der Waals surface area contributed by atoms with Gasteiger partial charge in [-0.1, -0.05) is 62.9 Å². The minimum Gasteiger partial charge on any atom is -0.491 e. The number of rotatable bonds is 11. The monoisotopic (exact) mass is 508 g/mol. The van der Waals surface area contributed by atoms with E-state index in [-0.39, 0.29) is 19.1 Å². The second kappa shape index (κ2) is 12.8. The molecule has 2 aromatic carbocycles. The quantitative estimate of drug-likeness (QED) is 0.182. The van der Waals surface area contributed by atoms with Crippen LogP contribution in [0.4, 0.5) is 0 Å². The SMILES string of the molecule is C=C(/C(=C/C[C@H](OC(=O)c1ccncc1)c1ccccc1OCCO)c1cnc2ccccc2c1)C(C)C. The molecule has 6 heteroatoms. The largest absolute Gasteiger partial charge is 0.491 e. The summed E-state index contributed by atoms with van der Waals surface area (Å²) in [6, 6.07) is 20.7. The van der Waals surface area contributed by atoms with Gasteiger partial charge in [0.1, 0.15) is 18.5 Å². The molecule has 0 saturated heterocycles. The van der Waals surface area contributed by atoms with Crippen LogP contribution in [0.2, 0.25) is 0 Å². The summed E-state index contributed by atoms with van der Waals surface area (Å²) in [5, 5.41) is 10.3. The average Bonchev–Trinajstić information content (AvgIpc) is 2.95. The molecular weight excluding hydrogens is 476 g/mol. The molecule has 0 radical (unpaired) electrons. The van der Waals surface area contributed by atoms with Gasteiger partial charge in [-0.25, -0.2) is 4.79 Å². The van der Waals surface area contributed by atoms with Gasteiger partial charge in [-0.15, -0.1) is 0 Å². The van der Waals surface area contributed by atoms with E-state index >= 15 is 0 Å². The summed E-state index contributed by atoms with van der Waals surface area (Å²) in [5.41, 5.74) is 4.92. The molecule has 4 aromatic rings. The number of aromatic nitrogens is 2. The Morgan fingerprint density at radius 2 is 1.76 bits per heavy atom. The highest BCUT2D eigenvalue weighted by Crippen LogP contribution is 2.35. The number of esters is 1. The molecule has 0 bridgehead atoms. The number of aliphatic hydroxyl groups is 1. The zero-order valence-electron chi connectivity index (χ0n) is 21.7. The number of carbonyl (C=O) groups is 1. The van der Waals surface area contributed by atoms with Crippen LogP contribution >= 0.6 is 0 Å². The summed E-state index contributed by atoms with van der Waals surface area (Å²) in [5.74, 6) is 0.296. The molecule has 0 amide bonds. The third-order valence-electron chi connectivity index (χ3n) is 6.26. The van der Waals surface area contributed by atoms with Crippen molar-refractivity contribution in [2.75, 3.05) is 13.2 Å². The molecule has 2 heterocycles. The van der Waals surface area contributed by atoms with Gasteiger partial charge in [-0.2, -0.15) is 0 Å². The van der Waals surface area contributed by atoms with E-state index in [1.807, 2.05) is 54.7 Å². The first-order valence-corrected chi connectivity index (χ1v) is 12.7. The van der Waals surface area contributed by atoms with E-state index in [0.29, 0.717) is 23.3 Å². The molecule has 0 fully saturated rings. The second-order valence-electron chi connectivity index (χ2n) is 9.19. The molecule has 0 aliphatic carbocycles. The van der Waals surface area contributed by atoms with Gasteiger partial charge in [0, 0.05) is 41.5 Å². The Labute approximate surface area is 223 Å². The van der Waals surface area contributed by atoms with Crippen LogP contribution in [0.5, 0.6) is 5.75 Å². The maximum atomic E-state index is 13.1. The molecule has 2 aromatic heterocycles. The lowest BCUT2D eigenvalue weighted by atomic mass is 9.90. The number of aliphatic hydroxyl groups excluding tert-OH is 1. The molecule has 0 unspecified atom stereocenters. The predicted molar refractivity (Wildman–Crippen MR) is 150 cm³/mol. The Morgan fingerprint density at radius 3 is 2.53 bits per heavy atom. The predicted octanol–water partition coefficient (Wildman–Crippen LogP) is 6.58. The van der Waals surface area contributed by atoms with Crippen molar-refractivity contribution < 1.29 is 19.4 Å². The van der Waals surface area contributed by atoms with Crippen molar-refractivity contribution in [2.24, 2.45) is 5.92 Å². The highest BCUT2D eigenvalue weighted by Gasteiger charge is 2.22. The van der Waals surface area contributed by atoms with Crippen molar-refractivity contribution in [3.05, 3.63) is 120 Å². The van der Waals surface area contributed by atoms with Crippen molar-refractivity contribution >= 4 is 22.4 Å². The summed E-state index contributed by atoms with van der Waals surface area (Å²) in [6.07, 6.45) is 6.76. The van der Waals surface area contributed by atoms with E-state index < -0.39 is 12.1 Å². The lowest BCUT2D eigenvalue weighted by Crippen LogP contribution is -2.14. The second-order valence-corrected chi connectivity index (χ2v) is 9.19. The van der Waals surface area contributed by atoms with Gasteiger partial charge in [0.25, 0.3) is 0 Å². The van der Waals surface area contributed by atoms with Gasteiger partial charge >= 0.3 is 5.97 Å². The van der Waals surface area contributed by atoms with Crippen molar-refractivity contribution in [3.63, 3.8) is 0 Å². The number of para-hydroxylation sites is 2. The summed E-state index contributed by atoms with van der Waals surface area (Å²) < 4.78 is 11.8. The molecular formula is C32H32N2O4. The Morgan fingerprint density at radius 1 is 1.03 bits per heavy atom. The first kappa shape index (κ1) is 26.8. The van der Waals surface area contributed by atoms with Crippen molar-refractivity contribution in [1.82, 2.24) is 9.97 Å². The van der Waals surface area contributed by atoms with E-state index in [9.17, 15) is 9.90 Å². The summed E-state index contributed by atoms with van der Waals surface area (Å²) in [7, 11) is 0. The molecule has 4 rings (SSSR count). The summed E-state index contributed by atoms with van der Waals surface area (Å²) >= 11 is 0. The maximum absolute atomic E-state index is 13.1. The molecule has 1 N–H and O–H groups in total. The van der Waals surface area contributed by atoms with Gasteiger partial charge in [0.2, 0.25) is 0 Å². The first-order chi connectivity index (χ1) is 18.5. The van der Waals surface area contributed by atoms with Crippen LogP contribution in [0.3, 0.4) is 0 Å². The van der Waals surface area contributed by atoms with Gasteiger partial charge in [-0.3, -0.25) is 9.97 Å². The maximum Gasteiger partial charge on any atom is 0.338 e. The van der Waals surface area contributed by atoms with Crippen molar-refractivity contribution in [1.29, 1.82) is 0 Å². The highest BCUT2D eigenvalue weighted by atomic mass is 16.5. The molecule has 1 atom stereocenters. The fourth-order valence-electron chi connectivity index (χ4n) is 4.15. The molecule has 0 aliphatic heterocycles. The number of hydrogen-bond acceptors (Lipinski definition) is 6. The van der Waals surface area contributed by atoms with Gasteiger partial charge in [0.05, 0.1) is 17.7 Å². The van der Waals surface area contributed by atoms with Gasteiger partial charge in [0.15, 0.2) is 0 Å². The highest BCUT2D eigenvalue weighted by molar-refractivity contribution is 5.89. The van der Waals surface area contributed by atoms with E-state index in [1.54, 1.807) is 24.5 Å². The number of benzene rings is 2. The fourth-order valence-corrected chi connectivity index (χ4v) is 4.15. The number of carbonyl (C=O) groups excluding carboxylic acids is 1. The van der Waals surface area contributed by atoms with Crippen LogP contribution in [0.25, 0.3) is 16.5 Å². The smallest absolute Gasteiger partial charge is 0.338 e. The standard InChI is InChI=1S/C32H32N2O4/c1-22(2)23(3)27(26-20-25-8-4-6-10-29(25)34-21-26)12-13-31(38-32(36)24-14-16-33-17-15-24)28-9-5-7-11-30(28)37-19-18-35/h4-12,14-17,20-22,31,35H,3,13,18-19H2,1-2H3/b27-12-/t31-/m0/s1. The van der Waals surface area contributed by atoms with E-state index in [2.05, 4.69) is 42.5 Å². The molecule has 6 nitrogen and oxygen atoms in total. The number of ether oxygens (including phenoxy) is 2. The van der Waals surface area contributed by atoms with Crippen molar-refractivity contribution in [3.8, 4) is 5.75 Å². The molecule has 194 valence electrons. The van der Waals surface area contributed by atoms with Gasteiger partial charge < -0.3 is 14.6 Å². The lowest BCUT2D eigenvalue weighted by Gasteiger charge is -2.22. The van der Waals surface area contributed by atoms with E-state index in [4.69, 9.17) is 9.47 Å². The van der Waals surface area contributed by atoms with Crippen LogP contribution < -0.4 is 4.74 Å². The van der Waals surface area contributed by atoms with Gasteiger partial charge in [-0.05, 0) is 47.4 Å². The molecule has 0 saturated carbocycles. The van der Waals surface area contributed by atoms with Crippen LogP contribution in [0.15, 0.2) is 104 Å². The third kappa shape index (κ3) is 6.52.